The number of rotatable bonds is 6. The minimum Gasteiger partial charge on any atom is -0.370 e. The highest BCUT2D eigenvalue weighted by atomic mass is 16.5. The minimum atomic E-state index is -0.510. The fourth-order valence-electron chi connectivity index (χ4n) is 2.17. The zero-order chi connectivity index (χ0) is 15.3. The summed E-state index contributed by atoms with van der Waals surface area (Å²) in [5.74, 6) is 1.52. The molecule has 21 heavy (non-hydrogen) atoms. The highest BCUT2D eigenvalue weighted by Gasteiger charge is 2.25. The van der Waals surface area contributed by atoms with Crippen LogP contribution in [0.4, 0.5) is 5.82 Å². The summed E-state index contributed by atoms with van der Waals surface area (Å²) in [5, 5.41) is 3.27. The molecular weight excluding hydrogens is 262 g/mol. The highest BCUT2D eigenvalue weighted by Crippen LogP contribution is 2.26. The molecule has 4 nitrogen and oxygen atoms in total. The maximum atomic E-state index is 5.79. The summed E-state index contributed by atoms with van der Waals surface area (Å²) in [5.41, 5.74) is 1.47. The van der Waals surface area contributed by atoms with E-state index in [-0.39, 0.29) is 0 Å². The molecule has 2 rings (SSSR count). The molecule has 0 aliphatic carbocycles. The summed E-state index contributed by atoms with van der Waals surface area (Å²) in [4.78, 5) is 9.29. The molecule has 0 saturated heterocycles. The van der Waals surface area contributed by atoms with Gasteiger partial charge in [-0.2, -0.15) is 0 Å². The van der Waals surface area contributed by atoms with E-state index in [0.29, 0.717) is 12.4 Å². The van der Waals surface area contributed by atoms with Crippen molar-refractivity contribution in [3.05, 3.63) is 42.2 Å². The Bertz CT molecular complexity index is 582. The molecule has 0 atom stereocenters. The molecule has 0 spiro atoms. The van der Waals surface area contributed by atoms with Crippen molar-refractivity contribution in [2.75, 3.05) is 18.5 Å². The predicted octanol–water partition coefficient (Wildman–Crippen LogP) is 3.85. The summed E-state index contributed by atoms with van der Waals surface area (Å²) in [6, 6.07) is 12.1. The van der Waals surface area contributed by atoms with Gasteiger partial charge >= 0.3 is 0 Å². The van der Waals surface area contributed by atoms with Gasteiger partial charge in [0, 0.05) is 24.8 Å². The highest BCUT2D eigenvalue weighted by molar-refractivity contribution is 5.62. The van der Waals surface area contributed by atoms with Gasteiger partial charge in [0.1, 0.15) is 11.4 Å². The third kappa shape index (κ3) is 3.79. The lowest BCUT2D eigenvalue weighted by Gasteiger charge is -2.24. The normalized spacial score (nSPS) is 11.4. The van der Waals surface area contributed by atoms with Gasteiger partial charge < -0.3 is 10.1 Å². The van der Waals surface area contributed by atoms with E-state index in [4.69, 9.17) is 9.72 Å². The van der Waals surface area contributed by atoms with Crippen molar-refractivity contribution in [1.29, 1.82) is 0 Å². The van der Waals surface area contributed by atoms with E-state index < -0.39 is 5.60 Å². The second-order valence-electron chi connectivity index (χ2n) is 5.30. The lowest BCUT2D eigenvalue weighted by Crippen LogP contribution is -2.25. The Kier molecular flexibility index (Phi) is 4.91. The van der Waals surface area contributed by atoms with Crippen LogP contribution in [0.2, 0.25) is 0 Å². The summed E-state index contributed by atoms with van der Waals surface area (Å²) in [6.07, 6.45) is 0. The fourth-order valence-corrected chi connectivity index (χ4v) is 2.17. The zero-order valence-electron chi connectivity index (χ0n) is 13.2. The zero-order valence-corrected chi connectivity index (χ0v) is 13.2. The van der Waals surface area contributed by atoms with Crippen molar-refractivity contribution < 1.29 is 4.74 Å². The number of nitrogens with zero attached hydrogens (tertiary/aromatic N) is 2. The molecular formula is C17H23N3O. The van der Waals surface area contributed by atoms with Gasteiger partial charge in [-0.05, 0) is 27.7 Å². The number of ether oxygens (including phenoxy) is 1. The molecule has 0 radical (unpaired) electrons. The van der Waals surface area contributed by atoms with Crippen LogP contribution < -0.4 is 5.32 Å². The van der Waals surface area contributed by atoms with Crippen LogP contribution in [0, 0.1) is 0 Å². The maximum absolute atomic E-state index is 5.79. The summed E-state index contributed by atoms with van der Waals surface area (Å²) in [7, 11) is 0. The standard InChI is InChI=1S/C17H23N3O/c1-5-18-15-12-14(13-10-8-7-9-11-13)19-16(20-15)17(3,4)21-6-2/h7-12H,5-6H2,1-4H3,(H,18,19,20). The quantitative estimate of drug-likeness (QED) is 0.875. The first-order valence-corrected chi connectivity index (χ1v) is 7.39. The van der Waals surface area contributed by atoms with E-state index in [9.17, 15) is 0 Å². The minimum absolute atomic E-state index is 0.510. The predicted molar refractivity (Wildman–Crippen MR) is 86.3 cm³/mol. The van der Waals surface area contributed by atoms with Gasteiger partial charge in [-0.1, -0.05) is 30.3 Å². The van der Waals surface area contributed by atoms with Crippen LogP contribution in [0.25, 0.3) is 11.3 Å². The number of hydrogen-bond acceptors (Lipinski definition) is 4. The largest absolute Gasteiger partial charge is 0.370 e. The van der Waals surface area contributed by atoms with Crippen LogP contribution in [0.3, 0.4) is 0 Å². The number of hydrogen-bond donors (Lipinski definition) is 1. The van der Waals surface area contributed by atoms with Crippen LogP contribution in [0.5, 0.6) is 0 Å². The van der Waals surface area contributed by atoms with E-state index in [1.54, 1.807) is 0 Å². The van der Waals surface area contributed by atoms with Crippen molar-refractivity contribution in [3.8, 4) is 11.3 Å². The van der Waals surface area contributed by atoms with E-state index >= 15 is 0 Å². The fraction of sp³-hybridized carbons (Fsp3) is 0.412. The van der Waals surface area contributed by atoms with Crippen LogP contribution in [-0.2, 0) is 10.3 Å². The molecule has 0 amide bonds. The first-order chi connectivity index (χ1) is 10.1. The Balaban J connectivity index is 2.49. The molecule has 4 heteroatoms. The summed E-state index contributed by atoms with van der Waals surface area (Å²) < 4.78 is 5.79. The Morgan fingerprint density at radius 3 is 2.43 bits per heavy atom. The topological polar surface area (TPSA) is 47.0 Å². The SMILES string of the molecule is CCNc1cc(-c2ccccc2)nc(C(C)(C)OCC)n1. The maximum Gasteiger partial charge on any atom is 0.162 e. The molecule has 0 aliphatic heterocycles. The van der Waals surface area contributed by atoms with Gasteiger partial charge in [0.05, 0.1) is 5.69 Å². The van der Waals surface area contributed by atoms with E-state index in [1.165, 1.54) is 0 Å². The van der Waals surface area contributed by atoms with Crippen molar-refractivity contribution in [1.82, 2.24) is 9.97 Å². The molecule has 2 aromatic rings. The Labute approximate surface area is 126 Å². The molecule has 1 N–H and O–H groups in total. The monoisotopic (exact) mass is 285 g/mol. The average Bonchev–Trinajstić information content (AvgIpc) is 2.48. The molecule has 1 aromatic carbocycles. The van der Waals surface area contributed by atoms with Crippen LogP contribution in [0.15, 0.2) is 36.4 Å². The summed E-state index contributed by atoms with van der Waals surface area (Å²) >= 11 is 0. The van der Waals surface area contributed by atoms with E-state index in [0.717, 1.165) is 23.6 Å². The number of aromatic nitrogens is 2. The van der Waals surface area contributed by atoms with Crippen molar-refractivity contribution in [2.45, 2.75) is 33.3 Å². The van der Waals surface area contributed by atoms with Crippen LogP contribution >= 0.6 is 0 Å². The third-order valence-electron chi connectivity index (χ3n) is 3.20. The molecule has 1 heterocycles. The third-order valence-corrected chi connectivity index (χ3v) is 3.20. The van der Waals surface area contributed by atoms with Gasteiger partial charge in [-0.15, -0.1) is 0 Å². The van der Waals surface area contributed by atoms with Crippen molar-refractivity contribution >= 4 is 5.82 Å². The lowest BCUT2D eigenvalue weighted by atomic mass is 10.1. The Hall–Kier alpha value is -1.94. The number of nitrogens with one attached hydrogen (secondary N) is 1. The molecule has 0 bridgehead atoms. The molecule has 0 unspecified atom stereocenters. The smallest absolute Gasteiger partial charge is 0.162 e. The first-order valence-electron chi connectivity index (χ1n) is 7.39. The number of anilines is 1. The van der Waals surface area contributed by atoms with Crippen molar-refractivity contribution in [2.24, 2.45) is 0 Å². The average molecular weight is 285 g/mol. The Morgan fingerprint density at radius 2 is 1.81 bits per heavy atom. The lowest BCUT2D eigenvalue weighted by molar-refractivity contribution is -0.0206. The molecule has 0 saturated carbocycles. The second-order valence-corrected chi connectivity index (χ2v) is 5.30. The molecule has 0 fully saturated rings. The summed E-state index contributed by atoms with van der Waals surface area (Å²) in [6.45, 7) is 9.47. The van der Waals surface area contributed by atoms with Crippen LogP contribution in [-0.4, -0.2) is 23.1 Å². The van der Waals surface area contributed by atoms with Crippen LogP contribution in [0.1, 0.15) is 33.5 Å². The van der Waals surface area contributed by atoms with Gasteiger partial charge in [0.2, 0.25) is 0 Å². The van der Waals surface area contributed by atoms with Gasteiger partial charge in [0.15, 0.2) is 5.82 Å². The van der Waals surface area contributed by atoms with Gasteiger partial charge in [-0.3, -0.25) is 0 Å². The molecule has 0 aliphatic rings. The Morgan fingerprint density at radius 1 is 1.10 bits per heavy atom. The van der Waals surface area contributed by atoms with Crippen molar-refractivity contribution in [3.63, 3.8) is 0 Å². The molecule has 1 aromatic heterocycles. The van der Waals surface area contributed by atoms with Gasteiger partial charge in [0.25, 0.3) is 0 Å². The second kappa shape index (κ2) is 6.68. The van der Waals surface area contributed by atoms with Gasteiger partial charge in [-0.25, -0.2) is 9.97 Å². The first kappa shape index (κ1) is 15.4. The number of benzene rings is 1. The molecule has 112 valence electrons. The van der Waals surface area contributed by atoms with E-state index in [2.05, 4.69) is 29.4 Å². The van der Waals surface area contributed by atoms with E-state index in [1.807, 2.05) is 45.0 Å².